The van der Waals surface area contributed by atoms with E-state index in [1.165, 1.54) is 5.56 Å². The van der Waals surface area contributed by atoms with E-state index in [0.29, 0.717) is 6.54 Å². The molecule has 0 atom stereocenters. The highest BCUT2D eigenvalue weighted by atomic mass is 32.1. The number of benzene rings is 1. The van der Waals surface area contributed by atoms with Crippen molar-refractivity contribution in [2.75, 3.05) is 13.2 Å². The van der Waals surface area contributed by atoms with Gasteiger partial charge in [-0.25, -0.2) is 4.98 Å². The molecule has 1 N–H and O–H groups in total. The Bertz CT molecular complexity index is 416. The summed E-state index contributed by atoms with van der Waals surface area (Å²) in [5.74, 6) is 0. The topological polar surface area (TPSA) is 36.4 Å². The minimum Gasteiger partial charge on any atom is -0.395 e. The Morgan fingerprint density at radius 3 is 2.65 bits per heavy atom. The van der Waals surface area contributed by atoms with Crippen LogP contribution in [0.1, 0.15) is 11.3 Å². The van der Waals surface area contributed by atoms with Crippen LogP contribution in [-0.4, -0.2) is 28.1 Å². The molecule has 0 amide bonds. The molecule has 1 aromatic heterocycles. The molecule has 2 aromatic rings. The van der Waals surface area contributed by atoms with Gasteiger partial charge < -0.3 is 5.11 Å². The van der Waals surface area contributed by atoms with Crippen molar-refractivity contribution in [1.29, 1.82) is 0 Å². The molecule has 17 heavy (non-hydrogen) atoms. The highest BCUT2D eigenvalue weighted by molar-refractivity contribution is 7.07. The standard InChI is InChI=1S/C13H16N2OS/c16-7-6-15(9-13-10-17-11-14-13)8-12-4-2-1-3-5-12/h1-5,10-11,16H,6-9H2. The van der Waals surface area contributed by atoms with Gasteiger partial charge in [0.2, 0.25) is 0 Å². The fraction of sp³-hybridized carbons (Fsp3) is 0.308. The number of rotatable bonds is 6. The first-order chi connectivity index (χ1) is 8.38. The Morgan fingerprint density at radius 2 is 2.00 bits per heavy atom. The molecule has 0 aliphatic heterocycles. The van der Waals surface area contributed by atoms with Gasteiger partial charge in [-0.3, -0.25) is 4.90 Å². The molecule has 2 rings (SSSR count). The minimum absolute atomic E-state index is 0.178. The third kappa shape index (κ3) is 3.93. The van der Waals surface area contributed by atoms with E-state index in [2.05, 4.69) is 27.4 Å². The Hall–Kier alpha value is -1.23. The van der Waals surface area contributed by atoms with Gasteiger partial charge in [0, 0.05) is 25.0 Å². The fourth-order valence-electron chi connectivity index (χ4n) is 1.74. The highest BCUT2D eigenvalue weighted by Crippen LogP contribution is 2.09. The second-order valence-electron chi connectivity index (χ2n) is 3.90. The van der Waals surface area contributed by atoms with E-state index in [-0.39, 0.29) is 6.61 Å². The van der Waals surface area contributed by atoms with E-state index in [1.807, 2.05) is 23.7 Å². The zero-order valence-corrected chi connectivity index (χ0v) is 10.4. The average molecular weight is 248 g/mol. The molecule has 0 aliphatic rings. The van der Waals surface area contributed by atoms with Gasteiger partial charge in [0.25, 0.3) is 0 Å². The molecule has 1 aromatic carbocycles. The number of aromatic nitrogens is 1. The SMILES string of the molecule is OCCN(Cc1ccccc1)Cc1cscn1. The zero-order chi connectivity index (χ0) is 11.9. The third-order valence-corrected chi connectivity index (χ3v) is 3.17. The lowest BCUT2D eigenvalue weighted by Crippen LogP contribution is -2.26. The number of hydrogen-bond acceptors (Lipinski definition) is 4. The minimum atomic E-state index is 0.178. The Morgan fingerprint density at radius 1 is 1.18 bits per heavy atom. The first-order valence-corrected chi connectivity index (χ1v) is 6.57. The van der Waals surface area contributed by atoms with Gasteiger partial charge >= 0.3 is 0 Å². The lowest BCUT2D eigenvalue weighted by molar-refractivity contribution is 0.183. The molecule has 90 valence electrons. The maximum absolute atomic E-state index is 9.08. The van der Waals surface area contributed by atoms with Crippen LogP contribution in [0.15, 0.2) is 41.2 Å². The molecule has 0 aliphatic carbocycles. The smallest absolute Gasteiger partial charge is 0.0795 e. The number of thiazole rings is 1. The van der Waals surface area contributed by atoms with Gasteiger partial charge in [0.05, 0.1) is 17.8 Å². The highest BCUT2D eigenvalue weighted by Gasteiger charge is 2.07. The monoisotopic (exact) mass is 248 g/mol. The normalized spacial score (nSPS) is 10.9. The fourth-order valence-corrected chi connectivity index (χ4v) is 2.29. The van der Waals surface area contributed by atoms with Crippen molar-refractivity contribution >= 4 is 11.3 Å². The van der Waals surface area contributed by atoms with Crippen LogP contribution in [-0.2, 0) is 13.1 Å². The van der Waals surface area contributed by atoms with E-state index < -0.39 is 0 Å². The van der Waals surface area contributed by atoms with Crippen molar-refractivity contribution in [2.24, 2.45) is 0 Å². The quantitative estimate of drug-likeness (QED) is 0.851. The largest absolute Gasteiger partial charge is 0.395 e. The second-order valence-corrected chi connectivity index (χ2v) is 4.62. The lowest BCUT2D eigenvalue weighted by atomic mass is 10.2. The molecular formula is C13H16N2OS. The molecule has 0 radical (unpaired) electrons. The summed E-state index contributed by atoms with van der Waals surface area (Å²) in [5, 5.41) is 11.1. The molecule has 4 heteroatoms. The predicted octanol–water partition coefficient (Wildman–Crippen LogP) is 2.14. The first-order valence-electron chi connectivity index (χ1n) is 5.62. The molecule has 3 nitrogen and oxygen atoms in total. The van der Waals surface area contributed by atoms with E-state index in [9.17, 15) is 0 Å². The summed E-state index contributed by atoms with van der Waals surface area (Å²) in [5.41, 5.74) is 4.17. The van der Waals surface area contributed by atoms with Gasteiger partial charge in [-0.15, -0.1) is 11.3 Å². The third-order valence-electron chi connectivity index (χ3n) is 2.53. The van der Waals surface area contributed by atoms with Gasteiger partial charge in [0.1, 0.15) is 0 Å². The van der Waals surface area contributed by atoms with Crippen molar-refractivity contribution in [3.05, 3.63) is 52.5 Å². The van der Waals surface area contributed by atoms with Crippen LogP contribution in [0.3, 0.4) is 0 Å². The Kier molecular flexibility index (Phi) is 4.67. The number of nitrogens with zero attached hydrogens (tertiary/aromatic N) is 2. The molecule has 0 saturated carbocycles. The summed E-state index contributed by atoms with van der Waals surface area (Å²) in [6.45, 7) is 2.49. The van der Waals surface area contributed by atoms with Crippen LogP contribution in [0.4, 0.5) is 0 Å². The summed E-state index contributed by atoms with van der Waals surface area (Å²) in [4.78, 5) is 6.47. The van der Waals surface area contributed by atoms with Crippen molar-refractivity contribution in [1.82, 2.24) is 9.88 Å². The second kappa shape index (κ2) is 6.49. The Balaban J connectivity index is 1.97. The van der Waals surface area contributed by atoms with Crippen LogP contribution in [0.25, 0.3) is 0 Å². The van der Waals surface area contributed by atoms with E-state index >= 15 is 0 Å². The lowest BCUT2D eigenvalue weighted by Gasteiger charge is -2.20. The van der Waals surface area contributed by atoms with Crippen LogP contribution >= 0.6 is 11.3 Å². The van der Waals surface area contributed by atoms with Crippen molar-refractivity contribution in [3.63, 3.8) is 0 Å². The molecule has 0 saturated heterocycles. The van der Waals surface area contributed by atoms with Crippen molar-refractivity contribution in [2.45, 2.75) is 13.1 Å². The summed E-state index contributed by atoms with van der Waals surface area (Å²) in [6, 6.07) is 10.3. The van der Waals surface area contributed by atoms with Gasteiger partial charge in [-0.2, -0.15) is 0 Å². The summed E-state index contributed by atoms with van der Waals surface area (Å²) in [7, 11) is 0. The van der Waals surface area contributed by atoms with Crippen LogP contribution in [0, 0.1) is 0 Å². The van der Waals surface area contributed by atoms with E-state index in [0.717, 1.165) is 18.8 Å². The number of hydrogen-bond donors (Lipinski definition) is 1. The molecule has 1 heterocycles. The molecule has 0 bridgehead atoms. The number of aliphatic hydroxyl groups excluding tert-OH is 1. The maximum atomic E-state index is 9.08. The van der Waals surface area contributed by atoms with E-state index in [4.69, 9.17) is 5.11 Å². The predicted molar refractivity (Wildman–Crippen MR) is 69.8 cm³/mol. The average Bonchev–Trinajstić information content (AvgIpc) is 2.83. The van der Waals surface area contributed by atoms with Crippen LogP contribution in [0.2, 0.25) is 0 Å². The van der Waals surface area contributed by atoms with Gasteiger partial charge in [-0.05, 0) is 5.56 Å². The Labute approximate surface area is 105 Å². The first kappa shape index (κ1) is 12.2. The summed E-state index contributed by atoms with van der Waals surface area (Å²) < 4.78 is 0. The van der Waals surface area contributed by atoms with Crippen LogP contribution < -0.4 is 0 Å². The summed E-state index contributed by atoms with van der Waals surface area (Å²) in [6.07, 6.45) is 0. The summed E-state index contributed by atoms with van der Waals surface area (Å²) >= 11 is 1.61. The van der Waals surface area contributed by atoms with Crippen LogP contribution in [0.5, 0.6) is 0 Å². The number of aliphatic hydroxyl groups is 1. The molecule has 0 spiro atoms. The van der Waals surface area contributed by atoms with Gasteiger partial charge in [0.15, 0.2) is 0 Å². The molecule has 0 fully saturated rings. The maximum Gasteiger partial charge on any atom is 0.0795 e. The van der Waals surface area contributed by atoms with Crippen molar-refractivity contribution in [3.8, 4) is 0 Å². The molecule has 0 unspecified atom stereocenters. The van der Waals surface area contributed by atoms with Crippen molar-refractivity contribution < 1.29 is 5.11 Å². The van der Waals surface area contributed by atoms with E-state index in [1.54, 1.807) is 11.3 Å². The van der Waals surface area contributed by atoms with Gasteiger partial charge in [-0.1, -0.05) is 30.3 Å². The molecular weight excluding hydrogens is 232 g/mol. The zero-order valence-electron chi connectivity index (χ0n) is 9.62.